The van der Waals surface area contributed by atoms with E-state index in [1.807, 2.05) is 31.2 Å². The molecule has 2 rings (SSSR count). The van der Waals surface area contributed by atoms with Crippen LogP contribution in [-0.4, -0.2) is 4.21 Å². The number of benzene rings is 1. The summed E-state index contributed by atoms with van der Waals surface area (Å²) in [5, 5.41) is 1.77. The van der Waals surface area contributed by atoms with Crippen molar-refractivity contribution in [3.63, 3.8) is 0 Å². The fraction of sp³-hybridized carbons (Fsp3) is 0.167. The molecule has 14 heavy (non-hydrogen) atoms. The standard InChI is InChI=1S/C12H12OS/c1-2-12-11(8-9-14(12)13)10-6-4-3-5-7-10/h3-9H,2H2,1H3. The van der Waals surface area contributed by atoms with Crippen molar-refractivity contribution in [2.45, 2.75) is 13.3 Å². The number of hydrogen-bond acceptors (Lipinski definition) is 1. The Labute approximate surface area is 86.6 Å². The minimum Gasteiger partial charge on any atom is -0.250 e. The quantitative estimate of drug-likeness (QED) is 0.723. The first-order valence-corrected chi connectivity index (χ1v) is 5.91. The van der Waals surface area contributed by atoms with Crippen molar-refractivity contribution in [1.82, 2.24) is 0 Å². The zero-order valence-corrected chi connectivity index (χ0v) is 8.88. The molecule has 0 bridgehead atoms. The molecule has 0 radical (unpaired) electrons. The molecule has 1 aromatic rings. The van der Waals surface area contributed by atoms with Crippen LogP contribution in [0.1, 0.15) is 18.9 Å². The van der Waals surface area contributed by atoms with E-state index in [0.717, 1.165) is 22.5 Å². The van der Waals surface area contributed by atoms with E-state index in [-0.39, 0.29) is 0 Å². The summed E-state index contributed by atoms with van der Waals surface area (Å²) in [6, 6.07) is 10.1. The average molecular weight is 204 g/mol. The third-order valence-electron chi connectivity index (χ3n) is 2.31. The van der Waals surface area contributed by atoms with Crippen molar-refractivity contribution < 1.29 is 4.21 Å². The maximum absolute atomic E-state index is 11.6. The SMILES string of the molecule is CCC1=C(c2ccccc2)C=CS1=O. The van der Waals surface area contributed by atoms with Gasteiger partial charge in [-0.15, -0.1) is 0 Å². The molecule has 0 amide bonds. The smallest absolute Gasteiger partial charge is 0.0741 e. The van der Waals surface area contributed by atoms with Crippen LogP contribution in [0.25, 0.3) is 5.57 Å². The molecule has 0 saturated heterocycles. The van der Waals surface area contributed by atoms with Gasteiger partial charge >= 0.3 is 0 Å². The zero-order valence-electron chi connectivity index (χ0n) is 8.07. The lowest BCUT2D eigenvalue weighted by molar-refractivity contribution is 0.691. The highest BCUT2D eigenvalue weighted by atomic mass is 32.2. The van der Waals surface area contributed by atoms with E-state index in [4.69, 9.17) is 0 Å². The zero-order chi connectivity index (χ0) is 9.97. The number of hydrogen-bond donors (Lipinski definition) is 0. The maximum atomic E-state index is 11.6. The Bertz CT molecular complexity index is 415. The molecule has 1 aromatic carbocycles. The van der Waals surface area contributed by atoms with Gasteiger partial charge in [0.05, 0.1) is 10.8 Å². The predicted octanol–water partition coefficient (Wildman–Crippen LogP) is 3.08. The van der Waals surface area contributed by atoms with Crippen LogP contribution in [-0.2, 0) is 10.8 Å². The minimum atomic E-state index is -0.892. The van der Waals surface area contributed by atoms with E-state index in [2.05, 4.69) is 12.1 Å². The topological polar surface area (TPSA) is 17.1 Å². The van der Waals surface area contributed by atoms with E-state index in [9.17, 15) is 4.21 Å². The highest BCUT2D eigenvalue weighted by Gasteiger charge is 2.15. The van der Waals surface area contributed by atoms with Crippen LogP contribution in [0.3, 0.4) is 0 Å². The average Bonchev–Trinajstić information content (AvgIpc) is 2.61. The molecule has 0 aliphatic carbocycles. The van der Waals surface area contributed by atoms with E-state index in [1.54, 1.807) is 5.41 Å². The summed E-state index contributed by atoms with van der Waals surface area (Å²) in [5.74, 6) is 0. The van der Waals surface area contributed by atoms with Crippen molar-refractivity contribution in [2.75, 3.05) is 0 Å². The number of allylic oxidation sites excluding steroid dienone is 3. The van der Waals surface area contributed by atoms with Crippen LogP contribution in [0.5, 0.6) is 0 Å². The second-order valence-corrected chi connectivity index (χ2v) is 4.52. The van der Waals surface area contributed by atoms with Gasteiger partial charge in [0.1, 0.15) is 0 Å². The summed E-state index contributed by atoms with van der Waals surface area (Å²) in [6.07, 6.45) is 2.81. The summed E-state index contributed by atoms with van der Waals surface area (Å²) in [5.41, 5.74) is 2.29. The summed E-state index contributed by atoms with van der Waals surface area (Å²) in [4.78, 5) is 1.04. The molecule has 1 nitrogen and oxygen atoms in total. The molecule has 72 valence electrons. The largest absolute Gasteiger partial charge is 0.250 e. The van der Waals surface area contributed by atoms with Crippen LogP contribution in [0.4, 0.5) is 0 Å². The highest BCUT2D eigenvalue weighted by Crippen LogP contribution is 2.30. The van der Waals surface area contributed by atoms with Gasteiger partial charge in [-0.05, 0) is 23.6 Å². The molecule has 0 saturated carbocycles. The van der Waals surface area contributed by atoms with Gasteiger partial charge in [-0.3, -0.25) is 0 Å². The van der Waals surface area contributed by atoms with Crippen molar-refractivity contribution in [1.29, 1.82) is 0 Å². The van der Waals surface area contributed by atoms with Crippen molar-refractivity contribution in [3.8, 4) is 0 Å². The van der Waals surface area contributed by atoms with Gasteiger partial charge in [0, 0.05) is 10.3 Å². The second-order valence-electron chi connectivity index (χ2n) is 3.16. The molecule has 0 aromatic heterocycles. The van der Waals surface area contributed by atoms with E-state index >= 15 is 0 Å². The molecule has 1 aliphatic heterocycles. The van der Waals surface area contributed by atoms with E-state index in [1.165, 1.54) is 0 Å². The summed E-state index contributed by atoms with van der Waals surface area (Å²) in [7, 11) is -0.892. The van der Waals surface area contributed by atoms with Crippen LogP contribution in [0.2, 0.25) is 0 Å². The molecular weight excluding hydrogens is 192 g/mol. The van der Waals surface area contributed by atoms with Gasteiger partial charge in [-0.25, -0.2) is 4.21 Å². The first kappa shape index (κ1) is 9.41. The van der Waals surface area contributed by atoms with Gasteiger partial charge < -0.3 is 0 Å². The maximum Gasteiger partial charge on any atom is 0.0741 e. The Morgan fingerprint density at radius 3 is 2.57 bits per heavy atom. The molecule has 1 heterocycles. The van der Waals surface area contributed by atoms with Crippen LogP contribution >= 0.6 is 0 Å². The van der Waals surface area contributed by atoms with Crippen molar-refractivity contribution >= 4 is 16.4 Å². The summed E-state index contributed by atoms with van der Waals surface area (Å²) < 4.78 is 11.6. The lowest BCUT2D eigenvalue weighted by Crippen LogP contribution is -1.88. The molecule has 1 aliphatic rings. The molecule has 1 atom stereocenters. The van der Waals surface area contributed by atoms with Gasteiger partial charge in [0.15, 0.2) is 0 Å². The molecular formula is C12H12OS. The first-order valence-electron chi connectivity index (χ1n) is 4.70. The van der Waals surface area contributed by atoms with Gasteiger partial charge in [0.25, 0.3) is 0 Å². The Kier molecular flexibility index (Phi) is 2.64. The van der Waals surface area contributed by atoms with Crippen LogP contribution in [0.15, 0.2) is 46.7 Å². The van der Waals surface area contributed by atoms with Gasteiger partial charge in [-0.2, -0.15) is 0 Å². The normalized spacial score (nSPS) is 20.5. The first-order chi connectivity index (χ1) is 6.83. The minimum absolute atomic E-state index is 0.851. The van der Waals surface area contributed by atoms with Gasteiger partial charge in [-0.1, -0.05) is 37.3 Å². The number of rotatable bonds is 2. The second kappa shape index (κ2) is 3.93. The fourth-order valence-corrected chi connectivity index (χ4v) is 2.73. The fourth-order valence-electron chi connectivity index (χ4n) is 1.62. The summed E-state index contributed by atoms with van der Waals surface area (Å²) in [6.45, 7) is 2.04. The molecule has 1 unspecified atom stereocenters. The van der Waals surface area contributed by atoms with Crippen molar-refractivity contribution in [3.05, 3.63) is 52.3 Å². The Balaban J connectivity index is 2.49. The van der Waals surface area contributed by atoms with E-state index < -0.39 is 10.8 Å². The third-order valence-corrected chi connectivity index (χ3v) is 3.69. The lowest BCUT2D eigenvalue weighted by Gasteiger charge is -2.03. The highest BCUT2D eigenvalue weighted by molar-refractivity contribution is 7.92. The van der Waals surface area contributed by atoms with Gasteiger partial charge in [0.2, 0.25) is 0 Å². The van der Waals surface area contributed by atoms with Crippen molar-refractivity contribution in [2.24, 2.45) is 0 Å². The molecule has 2 heteroatoms. The van der Waals surface area contributed by atoms with Crippen LogP contribution < -0.4 is 0 Å². The summed E-state index contributed by atoms with van der Waals surface area (Å²) >= 11 is 0. The molecule has 0 N–H and O–H groups in total. The predicted molar refractivity (Wildman–Crippen MR) is 60.9 cm³/mol. The molecule has 0 fully saturated rings. The third kappa shape index (κ3) is 1.58. The van der Waals surface area contributed by atoms with E-state index in [0.29, 0.717) is 0 Å². The molecule has 0 spiro atoms. The monoisotopic (exact) mass is 204 g/mol. The Hall–Kier alpha value is -1.15. The Morgan fingerprint density at radius 1 is 1.21 bits per heavy atom. The Morgan fingerprint density at radius 2 is 1.93 bits per heavy atom. The van der Waals surface area contributed by atoms with Crippen LogP contribution in [0, 0.1) is 0 Å². The lowest BCUT2D eigenvalue weighted by atomic mass is 10.1.